The van der Waals surface area contributed by atoms with E-state index < -0.39 is 21.4 Å². The molecule has 0 amide bonds. The highest BCUT2D eigenvalue weighted by molar-refractivity contribution is 7.89. The van der Waals surface area contributed by atoms with Gasteiger partial charge < -0.3 is 9.67 Å². The van der Waals surface area contributed by atoms with Crippen LogP contribution in [0.3, 0.4) is 0 Å². The minimum atomic E-state index is -3.91. The largest absolute Gasteiger partial charge is 0.384 e. The Morgan fingerprint density at radius 3 is 2.27 bits per heavy atom. The third-order valence-electron chi connectivity index (χ3n) is 5.28. The lowest BCUT2D eigenvalue weighted by Gasteiger charge is -2.28. The second kappa shape index (κ2) is 8.43. The molecular weight excluding hydrogens is 416 g/mol. The summed E-state index contributed by atoms with van der Waals surface area (Å²) in [5.41, 5.74) is 3.54. The fraction of sp³-hybridized carbons (Fsp3) is 0.261. The van der Waals surface area contributed by atoms with E-state index in [4.69, 9.17) is 17.4 Å². The molecule has 0 saturated carbocycles. The predicted octanol–water partition coefficient (Wildman–Crippen LogP) is 3.13. The van der Waals surface area contributed by atoms with Crippen LogP contribution in [-0.4, -0.2) is 28.7 Å². The van der Waals surface area contributed by atoms with E-state index in [0.717, 1.165) is 28.1 Å². The lowest BCUT2D eigenvalue weighted by molar-refractivity contribution is 0.0593. The van der Waals surface area contributed by atoms with Crippen molar-refractivity contribution in [3.8, 4) is 0 Å². The topological polar surface area (TPSA) is 85.3 Å². The molecule has 2 aromatic carbocycles. The first kappa shape index (κ1) is 22.4. The summed E-state index contributed by atoms with van der Waals surface area (Å²) in [6.07, 6.45) is 0.0846. The molecule has 30 heavy (non-hydrogen) atoms. The van der Waals surface area contributed by atoms with Gasteiger partial charge in [-0.1, -0.05) is 72.4 Å². The molecular formula is C23H26N2O3S2. The zero-order chi connectivity index (χ0) is 22.1. The number of primary sulfonamides is 1. The predicted molar refractivity (Wildman–Crippen MR) is 124 cm³/mol. The van der Waals surface area contributed by atoms with Crippen LogP contribution in [0.2, 0.25) is 0 Å². The SMILES string of the molecule is Cc1ccc(C(=S)c2c(C)cc(CC(O)(CS(N)(=O)=O)c3ccccc3)n2C)cc1. The maximum atomic E-state index is 11.9. The van der Waals surface area contributed by atoms with Crippen molar-refractivity contribution < 1.29 is 13.5 Å². The summed E-state index contributed by atoms with van der Waals surface area (Å²) in [4.78, 5) is 0.705. The Balaban J connectivity index is 2.02. The molecule has 1 atom stereocenters. The first-order chi connectivity index (χ1) is 14.0. The van der Waals surface area contributed by atoms with Crippen LogP contribution in [0, 0.1) is 13.8 Å². The molecule has 0 radical (unpaired) electrons. The first-order valence-electron chi connectivity index (χ1n) is 9.55. The summed E-state index contributed by atoms with van der Waals surface area (Å²) < 4.78 is 25.7. The highest BCUT2D eigenvalue weighted by Crippen LogP contribution is 2.29. The van der Waals surface area contributed by atoms with E-state index >= 15 is 0 Å². The average molecular weight is 443 g/mol. The van der Waals surface area contributed by atoms with Crippen molar-refractivity contribution in [2.24, 2.45) is 12.2 Å². The number of hydrogen-bond donors (Lipinski definition) is 2. The van der Waals surface area contributed by atoms with E-state index in [-0.39, 0.29) is 6.42 Å². The number of aryl methyl sites for hydroxylation is 2. The van der Waals surface area contributed by atoms with Crippen LogP contribution < -0.4 is 5.14 Å². The Labute approximate surface area is 183 Å². The maximum absolute atomic E-state index is 11.9. The Morgan fingerprint density at radius 1 is 1.10 bits per heavy atom. The summed E-state index contributed by atoms with van der Waals surface area (Å²) in [6, 6.07) is 18.7. The number of rotatable bonds is 7. The molecule has 0 spiro atoms. The summed E-state index contributed by atoms with van der Waals surface area (Å²) in [5, 5.41) is 16.7. The van der Waals surface area contributed by atoms with Crippen LogP contribution in [0.15, 0.2) is 60.7 Å². The fourth-order valence-corrected chi connectivity index (χ4v) is 5.15. The zero-order valence-electron chi connectivity index (χ0n) is 17.3. The van der Waals surface area contributed by atoms with Gasteiger partial charge in [0.25, 0.3) is 0 Å². The van der Waals surface area contributed by atoms with E-state index in [1.54, 1.807) is 24.3 Å². The van der Waals surface area contributed by atoms with Crippen LogP contribution in [0.1, 0.15) is 33.6 Å². The highest BCUT2D eigenvalue weighted by atomic mass is 32.2. The molecule has 0 saturated heterocycles. The fourth-order valence-electron chi connectivity index (χ4n) is 3.78. The van der Waals surface area contributed by atoms with Gasteiger partial charge in [-0.3, -0.25) is 0 Å². The number of hydrogen-bond acceptors (Lipinski definition) is 4. The number of nitrogens with zero attached hydrogens (tertiary/aromatic N) is 1. The first-order valence-corrected chi connectivity index (χ1v) is 11.7. The van der Waals surface area contributed by atoms with E-state index in [1.165, 1.54) is 0 Å². The lowest BCUT2D eigenvalue weighted by Crippen LogP contribution is -2.39. The molecule has 3 N–H and O–H groups in total. The maximum Gasteiger partial charge on any atom is 0.212 e. The molecule has 0 bridgehead atoms. The lowest BCUT2D eigenvalue weighted by atomic mass is 9.91. The van der Waals surface area contributed by atoms with Crippen molar-refractivity contribution in [3.05, 3.63) is 94.3 Å². The van der Waals surface area contributed by atoms with Crippen molar-refractivity contribution >= 4 is 27.1 Å². The van der Waals surface area contributed by atoms with Gasteiger partial charge in [0.05, 0.1) is 16.3 Å². The molecule has 1 aromatic heterocycles. The second-order valence-electron chi connectivity index (χ2n) is 7.80. The Kier molecular flexibility index (Phi) is 6.29. The van der Waals surface area contributed by atoms with Gasteiger partial charge in [-0.15, -0.1) is 0 Å². The highest BCUT2D eigenvalue weighted by Gasteiger charge is 2.35. The number of thiocarbonyl (C=S) groups is 1. The number of sulfonamides is 1. The Bertz CT molecular complexity index is 1170. The molecule has 0 aliphatic heterocycles. The van der Waals surface area contributed by atoms with Gasteiger partial charge in [0.15, 0.2) is 0 Å². The van der Waals surface area contributed by atoms with Gasteiger partial charge in [-0.2, -0.15) is 0 Å². The molecule has 158 valence electrons. The van der Waals surface area contributed by atoms with Gasteiger partial charge in [0.2, 0.25) is 10.0 Å². The average Bonchev–Trinajstić information content (AvgIpc) is 2.94. The third kappa shape index (κ3) is 4.87. The smallest absolute Gasteiger partial charge is 0.212 e. The quantitative estimate of drug-likeness (QED) is 0.435. The summed E-state index contributed by atoms with van der Waals surface area (Å²) >= 11 is 5.74. The normalized spacial score (nSPS) is 13.8. The number of nitrogens with two attached hydrogens (primary N) is 1. The van der Waals surface area contributed by atoms with Crippen LogP contribution in [0.4, 0.5) is 0 Å². The van der Waals surface area contributed by atoms with Crippen LogP contribution in [0.5, 0.6) is 0 Å². The van der Waals surface area contributed by atoms with E-state index in [2.05, 4.69) is 0 Å². The number of benzene rings is 2. The summed E-state index contributed by atoms with van der Waals surface area (Å²) in [6.45, 7) is 3.98. The third-order valence-corrected chi connectivity index (χ3v) is 6.59. The van der Waals surface area contributed by atoms with Gasteiger partial charge in [-0.25, -0.2) is 13.6 Å². The second-order valence-corrected chi connectivity index (χ2v) is 9.83. The summed E-state index contributed by atoms with van der Waals surface area (Å²) in [7, 11) is -2.04. The molecule has 0 aliphatic carbocycles. The molecule has 0 aliphatic rings. The minimum Gasteiger partial charge on any atom is -0.384 e. The molecule has 5 nitrogen and oxygen atoms in total. The van der Waals surface area contributed by atoms with Crippen molar-refractivity contribution in [1.29, 1.82) is 0 Å². The van der Waals surface area contributed by atoms with E-state index in [9.17, 15) is 13.5 Å². The molecule has 3 rings (SSSR count). The van der Waals surface area contributed by atoms with Gasteiger partial charge in [0.1, 0.15) is 5.60 Å². The van der Waals surface area contributed by atoms with E-state index in [1.807, 2.05) is 61.9 Å². The Hall–Kier alpha value is -2.32. The molecule has 1 unspecified atom stereocenters. The molecule has 3 aromatic rings. The van der Waals surface area contributed by atoms with Gasteiger partial charge >= 0.3 is 0 Å². The number of aliphatic hydroxyl groups is 1. The molecule has 7 heteroatoms. The van der Waals surface area contributed by atoms with Crippen LogP contribution in [-0.2, 0) is 29.1 Å². The minimum absolute atomic E-state index is 0.0846. The van der Waals surface area contributed by atoms with Crippen molar-refractivity contribution in [2.75, 3.05) is 5.75 Å². The monoisotopic (exact) mass is 442 g/mol. The Morgan fingerprint density at radius 2 is 1.70 bits per heavy atom. The van der Waals surface area contributed by atoms with Gasteiger partial charge in [-0.05, 0) is 36.6 Å². The van der Waals surface area contributed by atoms with Crippen molar-refractivity contribution in [2.45, 2.75) is 25.9 Å². The molecule has 0 fully saturated rings. The molecule has 1 heterocycles. The van der Waals surface area contributed by atoms with Crippen LogP contribution in [0.25, 0.3) is 0 Å². The van der Waals surface area contributed by atoms with Crippen LogP contribution >= 0.6 is 12.2 Å². The number of aromatic nitrogens is 1. The zero-order valence-corrected chi connectivity index (χ0v) is 18.9. The summed E-state index contributed by atoms with van der Waals surface area (Å²) in [5.74, 6) is -0.577. The van der Waals surface area contributed by atoms with Gasteiger partial charge in [0, 0.05) is 19.2 Å². The van der Waals surface area contributed by atoms with Crippen molar-refractivity contribution in [1.82, 2.24) is 4.57 Å². The van der Waals surface area contributed by atoms with E-state index in [0.29, 0.717) is 10.4 Å². The standard InChI is InChI=1S/C23H26N2O3S2/c1-16-9-11-18(12-10-16)22(29)21-17(2)13-20(25(21)3)14-23(26,15-30(24,27)28)19-7-5-4-6-8-19/h4-13,26H,14-15H2,1-3H3,(H2,24,27,28). The van der Waals surface area contributed by atoms with Crippen molar-refractivity contribution in [3.63, 3.8) is 0 Å².